The van der Waals surface area contributed by atoms with Crippen molar-refractivity contribution in [3.8, 4) is 0 Å². The zero-order valence-corrected chi connectivity index (χ0v) is 18.5. The number of piperidine rings is 1. The predicted octanol–water partition coefficient (Wildman–Crippen LogP) is 2.11. The van der Waals surface area contributed by atoms with Crippen LogP contribution in [-0.4, -0.2) is 52.8 Å². The van der Waals surface area contributed by atoms with Crippen LogP contribution in [0.3, 0.4) is 0 Å². The fraction of sp³-hybridized carbons (Fsp3) is 0.762. The number of hydrogen-bond acceptors (Lipinski definition) is 5. The number of rotatable bonds is 4. The van der Waals surface area contributed by atoms with E-state index in [4.69, 9.17) is 0 Å². The van der Waals surface area contributed by atoms with Gasteiger partial charge in [-0.25, -0.2) is 13.4 Å². The Bertz CT molecular complexity index is 952. The molecule has 1 N–H and O–H groups in total. The van der Waals surface area contributed by atoms with E-state index in [2.05, 4.69) is 9.97 Å². The second-order valence-corrected chi connectivity index (χ2v) is 11.0. The van der Waals surface area contributed by atoms with E-state index < -0.39 is 10.0 Å². The number of nitrogens with zero attached hydrogens (tertiary/aromatic N) is 3. The van der Waals surface area contributed by atoms with Crippen LogP contribution in [0.2, 0.25) is 0 Å². The minimum Gasteiger partial charge on any atom is -0.333 e. The Morgan fingerprint density at radius 2 is 1.83 bits per heavy atom. The van der Waals surface area contributed by atoms with Crippen LogP contribution >= 0.6 is 0 Å². The van der Waals surface area contributed by atoms with Gasteiger partial charge in [0.05, 0.1) is 24.5 Å². The summed E-state index contributed by atoms with van der Waals surface area (Å²) in [7, 11) is -3.34. The average molecular weight is 437 g/mol. The molecule has 2 aliphatic heterocycles. The normalized spacial score (nSPS) is 23.9. The largest absolute Gasteiger partial charge is 0.333 e. The number of H-pyrrole nitrogens is 1. The number of fused-ring (bicyclic) bond motifs is 1. The van der Waals surface area contributed by atoms with Crippen LogP contribution in [0.4, 0.5) is 0 Å². The molecule has 4 rings (SSSR count). The number of sulfonamides is 1. The van der Waals surface area contributed by atoms with Crippen LogP contribution in [-0.2, 0) is 27.8 Å². The van der Waals surface area contributed by atoms with Gasteiger partial charge in [0.1, 0.15) is 5.82 Å². The van der Waals surface area contributed by atoms with Crippen LogP contribution in [0.25, 0.3) is 0 Å². The molecule has 1 amide bonds. The first kappa shape index (κ1) is 21.5. The molecule has 1 atom stereocenters. The smallest absolute Gasteiger partial charge is 0.254 e. The van der Waals surface area contributed by atoms with E-state index in [-0.39, 0.29) is 24.1 Å². The summed E-state index contributed by atoms with van der Waals surface area (Å²) in [6.45, 7) is 1.10. The van der Waals surface area contributed by atoms with Crippen molar-refractivity contribution in [3.05, 3.63) is 27.4 Å². The summed E-state index contributed by atoms with van der Waals surface area (Å²) in [6, 6.07) is -0.235. The number of nitrogens with one attached hydrogen (secondary N) is 1. The summed E-state index contributed by atoms with van der Waals surface area (Å²) in [5, 5.41) is 0. The molecule has 0 radical (unpaired) electrons. The van der Waals surface area contributed by atoms with Gasteiger partial charge in [-0.3, -0.25) is 9.59 Å². The number of likely N-dealkylation sites (tertiary alicyclic amines) is 1. The maximum atomic E-state index is 13.1. The van der Waals surface area contributed by atoms with Gasteiger partial charge in [-0.2, -0.15) is 4.31 Å². The Labute approximate surface area is 178 Å². The second-order valence-electron chi connectivity index (χ2n) is 9.03. The summed E-state index contributed by atoms with van der Waals surface area (Å²) in [4.78, 5) is 35.3. The molecule has 1 saturated carbocycles. The topological polar surface area (TPSA) is 103 Å². The number of carbonyl (C=O) groups excluding carboxylic acids is 1. The summed E-state index contributed by atoms with van der Waals surface area (Å²) in [5.41, 5.74) is 0.888. The quantitative estimate of drug-likeness (QED) is 0.779. The molecular weight excluding hydrogens is 404 g/mol. The standard InChI is InChI=1S/C21H32N4O4S/c1-30(28,29)24-12-10-16-17(14-24)22-20(23-21(16)27)18-9-5-6-11-25(18)19(26)13-15-7-3-2-4-8-15/h15,18H,2-14H2,1H3,(H,22,23,27)/t18-/m0/s1. The molecule has 1 aromatic rings. The molecule has 166 valence electrons. The van der Waals surface area contributed by atoms with Crippen LogP contribution in [0, 0.1) is 5.92 Å². The third kappa shape index (κ3) is 4.61. The molecule has 3 heterocycles. The summed E-state index contributed by atoms with van der Waals surface area (Å²) >= 11 is 0. The van der Waals surface area contributed by atoms with Gasteiger partial charge in [0, 0.05) is 25.1 Å². The van der Waals surface area contributed by atoms with E-state index in [0.29, 0.717) is 48.9 Å². The minimum absolute atomic E-state index is 0.119. The van der Waals surface area contributed by atoms with Crippen molar-refractivity contribution in [3.63, 3.8) is 0 Å². The van der Waals surface area contributed by atoms with E-state index in [9.17, 15) is 18.0 Å². The molecule has 2 fully saturated rings. The molecule has 9 heteroatoms. The number of carbonyl (C=O) groups is 1. The lowest BCUT2D eigenvalue weighted by molar-refractivity contribution is -0.136. The van der Waals surface area contributed by atoms with Crippen molar-refractivity contribution in [2.24, 2.45) is 5.92 Å². The predicted molar refractivity (Wildman–Crippen MR) is 113 cm³/mol. The zero-order valence-electron chi connectivity index (χ0n) is 17.7. The molecule has 1 aromatic heterocycles. The molecule has 8 nitrogen and oxygen atoms in total. The summed E-state index contributed by atoms with van der Waals surface area (Å²) in [5.74, 6) is 1.13. The molecule has 0 bridgehead atoms. The van der Waals surface area contributed by atoms with Crippen LogP contribution in [0.1, 0.15) is 80.9 Å². The SMILES string of the molecule is CS(=O)(=O)N1CCc2c(nc([C@@H]3CCCCN3C(=O)CC3CCCCC3)[nH]c2=O)C1. The minimum atomic E-state index is -3.34. The van der Waals surface area contributed by atoms with Gasteiger partial charge < -0.3 is 9.88 Å². The molecule has 0 aromatic carbocycles. The van der Waals surface area contributed by atoms with Gasteiger partial charge in [0.15, 0.2) is 0 Å². The van der Waals surface area contributed by atoms with Gasteiger partial charge in [0.25, 0.3) is 5.56 Å². The molecule has 1 aliphatic carbocycles. The summed E-state index contributed by atoms with van der Waals surface area (Å²) in [6.07, 6.45) is 10.8. The number of aromatic nitrogens is 2. The lowest BCUT2D eigenvalue weighted by atomic mass is 9.86. The second kappa shape index (κ2) is 8.78. The van der Waals surface area contributed by atoms with Gasteiger partial charge in [-0.1, -0.05) is 19.3 Å². The van der Waals surface area contributed by atoms with E-state index in [1.165, 1.54) is 29.8 Å². The molecule has 1 saturated heterocycles. The number of aromatic amines is 1. The van der Waals surface area contributed by atoms with Crippen molar-refractivity contribution in [2.75, 3.05) is 19.3 Å². The van der Waals surface area contributed by atoms with E-state index in [0.717, 1.165) is 32.1 Å². The monoisotopic (exact) mass is 436 g/mol. The third-order valence-electron chi connectivity index (χ3n) is 6.85. The summed E-state index contributed by atoms with van der Waals surface area (Å²) < 4.78 is 25.3. The maximum Gasteiger partial charge on any atom is 0.254 e. The zero-order chi connectivity index (χ0) is 21.3. The van der Waals surface area contributed by atoms with Gasteiger partial charge in [0.2, 0.25) is 15.9 Å². The maximum absolute atomic E-state index is 13.1. The first-order valence-electron chi connectivity index (χ1n) is 11.2. The van der Waals surface area contributed by atoms with E-state index in [1.54, 1.807) is 0 Å². The first-order chi connectivity index (χ1) is 14.3. The Balaban J connectivity index is 1.57. The Morgan fingerprint density at radius 3 is 2.57 bits per heavy atom. The Hall–Kier alpha value is -1.74. The Kier molecular flexibility index (Phi) is 6.29. The van der Waals surface area contributed by atoms with Crippen molar-refractivity contribution < 1.29 is 13.2 Å². The Morgan fingerprint density at radius 1 is 1.10 bits per heavy atom. The molecule has 30 heavy (non-hydrogen) atoms. The highest BCUT2D eigenvalue weighted by atomic mass is 32.2. The molecule has 3 aliphatic rings. The van der Waals surface area contributed by atoms with Crippen molar-refractivity contribution in [1.82, 2.24) is 19.2 Å². The van der Waals surface area contributed by atoms with Crippen LogP contribution < -0.4 is 5.56 Å². The van der Waals surface area contributed by atoms with E-state index >= 15 is 0 Å². The fourth-order valence-corrected chi connectivity index (χ4v) is 5.93. The molecule has 0 spiro atoms. The van der Waals surface area contributed by atoms with Crippen LogP contribution in [0.15, 0.2) is 4.79 Å². The third-order valence-corrected chi connectivity index (χ3v) is 8.10. The number of amides is 1. The number of hydrogen-bond donors (Lipinski definition) is 1. The van der Waals surface area contributed by atoms with Crippen molar-refractivity contribution in [1.29, 1.82) is 0 Å². The lowest BCUT2D eigenvalue weighted by Gasteiger charge is -2.37. The van der Waals surface area contributed by atoms with Gasteiger partial charge in [-0.15, -0.1) is 0 Å². The van der Waals surface area contributed by atoms with Gasteiger partial charge in [-0.05, 0) is 44.4 Å². The highest BCUT2D eigenvalue weighted by Crippen LogP contribution is 2.33. The first-order valence-corrected chi connectivity index (χ1v) is 13.0. The molecule has 0 unspecified atom stereocenters. The fourth-order valence-electron chi connectivity index (χ4n) is 5.15. The average Bonchev–Trinajstić information content (AvgIpc) is 2.73. The molecular formula is C21H32N4O4S. The highest BCUT2D eigenvalue weighted by molar-refractivity contribution is 7.88. The van der Waals surface area contributed by atoms with Gasteiger partial charge >= 0.3 is 0 Å². The van der Waals surface area contributed by atoms with E-state index in [1.807, 2.05) is 4.90 Å². The lowest BCUT2D eigenvalue weighted by Crippen LogP contribution is -2.42. The highest BCUT2D eigenvalue weighted by Gasteiger charge is 2.33. The van der Waals surface area contributed by atoms with Crippen molar-refractivity contribution >= 4 is 15.9 Å². The van der Waals surface area contributed by atoms with Crippen LogP contribution in [0.5, 0.6) is 0 Å². The van der Waals surface area contributed by atoms with Crippen molar-refractivity contribution in [2.45, 2.75) is 76.8 Å².